The van der Waals surface area contributed by atoms with Gasteiger partial charge in [-0.15, -0.1) is 12.4 Å². The molecule has 5 aliphatic rings. The monoisotopic (exact) mass is 705 g/mol. The number of hydrogen-bond acceptors (Lipinski definition) is 6. The molecule has 48 heavy (non-hydrogen) atoms. The first-order chi connectivity index (χ1) is 22.4. The molecule has 1 aromatic carbocycles. The standard InChI is InChI=1S/C37H56ClN5O4.ClH/c1-25-8-14-28(15-9-25)43(36(46)33-7-6-20-47-33)29-21-32(35(45)40-18-16-39(5)17-19-40)42(22-29)34(44)31-24-41(37(2,3)4)23-30(31)26-10-12-27(38)13-11-26;/h10-13,25,28-33H,6-9,14-24H2,1-5H3;1H/t25-,28+,29-,30-,31+,32-,33-;/m0./s1. The predicted molar refractivity (Wildman–Crippen MR) is 191 cm³/mol. The lowest BCUT2D eigenvalue weighted by Crippen LogP contribution is -2.54. The van der Waals surface area contributed by atoms with E-state index in [2.05, 4.69) is 49.4 Å². The molecule has 0 unspecified atom stereocenters. The molecule has 3 amide bonds. The van der Waals surface area contributed by atoms with E-state index in [1.165, 1.54) is 0 Å². The third-order valence-corrected chi connectivity index (χ3v) is 12.0. The average Bonchev–Trinajstić information content (AvgIpc) is 3.83. The van der Waals surface area contributed by atoms with E-state index in [0.717, 1.165) is 63.7 Å². The fourth-order valence-corrected chi connectivity index (χ4v) is 8.84. The minimum Gasteiger partial charge on any atom is -0.368 e. The first-order valence-corrected chi connectivity index (χ1v) is 18.5. The number of hydrogen-bond donors (Lipinski definition) is 0. The summed E-state index contributed by atoms with van der Waals surface area (Å²) in [6.07, 6.45) is 5.80. The molecule has 0 spiro atoms. The predicted octanol–water partition coefficient (Wildman–Crippen LogP) is 4.91. The molecule has 11 heteroatoms. The summed E-state index contributed by atoms with van der Waals surface area (Å²) in [4.78, 5) is 54.3. The molecule has 0 radical (unpaired) electrons. The maximum absolute atomic E-state index is 15.0. The Hall–Kier alpha value is -1.91. The van der Waals surface area contributed by atoms with E-state index in [1.54, 1.807) is 0 Å². The summed E-state index contributed by atoms with van der Waals surface area (Å²) in [5.41, 5.74) is 0.994. The van der Waals surface area contributed by atoms with Gasteiger partial charge in [-0.2, -0.15) is 0 Å². The second kappa shape index (κ2) is 15.5. The Balaban J connectivity index is 0.00000451. The van der Waals surface area contributed by atoms with Crippen LogP contribution in [0.3, 0.4) is 0 Å². The van der Waals surface area contributed by atoms with E-state index in [0.29, 0.717) is 50.1 Å². The van der Waals surface area contributed by atoms with E-state index < -0.39 is 12.1 Å². The SMILES string of the molecule is CN1CCN(C(=O)[C@@H]2C[C@H](N(C(=O)[C@@H]3CCCO3)[C@H]3CC[C@@H](C)CC3)CN2C(=O)[C@@H]2CN(C(C)(C)C)C[C@H]2c2ccc(Cl)cc2)CC1.Cl. The molecule has 1 aliphatic carbocycles. The number of rotatable bonds is 6. The first-order valence-electron chi connectivity index (χ1n) is 18.1. The summed E-state index contributed by atoms with van der Waals surface area (Å²) in [7, 11) is 2.08. The van der Waals surface area contributed by atoms with Crippen molar-refractivity contribution in [1.29, 1.82) is 0 Å². The third-order valence-electron chi connectivity index (χ3n) is 11.8. The number of amides is 3. The summed E-state index contributed by atoms with van der Waals surface area (Å²) < 4.78 is 5.95. The first kappa shape index (κ1) is 37.3. The topological polar surface area (TPSA) is 76.6 Å². The van der Waals surface area contributed by atoms with E-state index in [9.17, 15) is 9.59 Å². The van der Waals surface area contributed by atoms with Gasteiger partial charge >= 0.3 is 0 Å². The lowest BCUT2D eigenvalue weighted by Gasteiger charge is -2.41. The van der Waals surface area contributed by atoms with E-state index in [4.69, 9.17) is 16.3 Å². The normalized spacial score (nSPS) is 31.9. The smallest absolute Gasteiger partial charge is 0.252 e. The molecule has 4 aliphatic heterocycles. The largest absolute Gasteiger partial charge is 0.368 e. The van der Waals surface area contributed by atoms with Crippen molar-refractivity contribution >= 4 is 41.7 Å². The molecule has 0 bridgehead atoms. The van der Waals surface area contributed by atoms with Crippen molar-refractivity contribution in [3.63, 3.8) is 0 Å². The summed E-state index contributed by atoms with van der Waals surface area (Å²) in [5.74, 6) is 0.470. The summed E-state index contributed by atoms with van der Waals surface area (Å²) in [6.45, 7) is 14.3. The Kier molecular flexibility index (Phi) is 12.1. The van der Waals surface area contributed by atoms with Gasteiger partial charge in [-0.05, 0) is 96.4 Å². The van der Waals surface area contributed by atoms with Crippen LogP contribution in [0.1, 0.15) is 84.1 Å². The molecule has 4 saturated heterocycles. The zero-order valence-electron chi connectivity index (χ0n) is 29.6. The Morgan fingerprint density at radius 1 is 0.875 bits per heavy atom. The lowest BCUT2D eigenvalue weighted by atomic mass is 9.85. The molecule has 1 saturated carbocycles. The van der Waals surface area contributed by atoms with Crippen LogP contribution >= 0.6 is 24.0 Å². The van der Waals surface area contributed by atoms with Crippen LogP contribution in [0, 0.1) is 11.8 Å². The number of carbonyl (C=O) groups excluding carboxylic acids is 3. The van der Waals surface area contributed by atoms with Crippen LogP contribution in [0.4, 0.5) is 0 Å². The number of nitrogens with zero attached hydrogens (tertiary/aromatic N) is 5. The minimum atomic E-state index is -0.576. The van der Waals surface area contributed by atoms with E-state index >= 15 is 4.79 Å². The van der Waals surface area contributed by atoms with Gasteiger partial charge < -0.3 is 24.3 Å². The Labute approximate surface area is 299 Å². The highest BCUT2D eigenvalue weighted by atomic mass is 35.5. The Bertz CT molecular complexity index is 1270. The highest BCUT2D eigenvalue weighted by Gasteiger charge is 2.51. The molecule has 0 N–H and O–H groups in total. The van der Waals surface area contributed by atoms with Gasteiger partial charge in [-0.25, -0.2) is 0 Å². The highest BCUT2D eigenvalue weighted by molar-refractivity contribution is 6.30. The molecule has 1 aromatic rings. The van der Waals surface area contributed by atoms with Gasteiger partial charge in [0.25, 0.3) is 5.91 Å². The molecule has 9 nitrogen and oxygen atoms in total. The van der Waals surface area contributed by atoms with Gasteiger partial charge in [0.05, 0.1) is 12.0 Å². The summed E-state index contributed by atoms with van der Waals surface area (Å²) in [6, 6.07) is 7.24. The summed E-state index contributed by atoms with van der Waals surface area (Å²) in [5, 5.41) is 0.677. The zero-order valence-corrected chi connectivity index (χ0v) is 31.2. The van der Waals surface area contributed by atoms with Crippen LogP contribution in [0.25, 0.3) is 0 Å². The fourth-order valence-electron chi connectivity index (χ4n) is 8.71. The number of carbonyl (C=O) groups is 3. The van der Waals surface area contributed by atoms with Crippen molar-refractivity contribution < 1.29 is 19.1 Å². The van der Waals surface area contributed by atoms with Crippen LogP contribution < -0.4 is 0 Å². The quantitative estimate of drug-likeness (QED) is 0.419. The molecule has 5 atom stereocenters. The van der Waals surface area contributed by atoms with Crippen LogP contribution in [0.15, 0.2) is 24.3 Å². The second-order valence-corrected chi connectivity index (χ2v) is 16.5. The number of benzene rings is 1. The van der Waals surface area contributed by atoms with Crippen LogP contribution in [-0.4, -0.2) is 131 Å². The number of piperazine rings is 1. The molecule has 268 valence electrons. The van der Waals surface area contributed by atoms with Crippen LogP contribution in [-0.2, 0) is 19.1 Å². The third kappa shape index (κ3) is 8.01. The molecular weight excluding hydrogens is 649 g/mol. The van der Waals surface area contributed by atoms with Crippen molar-refractivity contribution in [3.05, 3.63) is 34.9 Å². The van der Waals surface area contributed by atoms with Crippen LogP contribution in [0.5, 0.6) is 0 Å². The average molecular weight is 707 g/mol. The minimum absolute atomic E-state index is 0. The summed E-state index contributed by atoms with van der Waals surface area (Å²) >= 11 is 6.28. The number of likely N-dealkylation sites (tertiary alicyclic amines) is 2. The van der Waals surface area contributed by atoms with Crippen molar-refractivity contribution in [3.8, 4) is 0 Å². The van der Waals surface area contributed by atoms with Crippen LogP contribution in [0.2, 0.25) is 5.02 Å². The molecular formula is C37H57Cl2N5O4. The van der Waals surface area contributed by atoms with Crippen molar-refractivity contribution in [1.82, 2.24) is 24.5 Å². The molecule has 4 heterocycles. The molecule has 0 aromatic heterocycles. The number of halogens is 2. The van der Waals surface area contributed by atoms with Crippen molar-refractivity contribution in [2.75, 3.05) is 59.5 Å². The van der Waals surface area contributed by atoms with Crippen molar-refractivity contribution in [2.45, 2.75) is 108 Å². The van der Waals surface area contributed by atoms with E-state index in [-0.39, 0.29) is 59.6 Å². The number of ether oxygens (including phenoxy) is 1. The lowest BCUT2D eigenvalue weighted by molar-refractivity contribution is -0.148. The highest BCUT2D eigenvalue weighted by Crippen LogP contribution is 2.40. The number of likely N-dealkylation sites (N-methyl/N-ethyl adjacent to an activating group) is 1. The van der Waals surface area contributed by atoms with Gasteiger partial charge in [0, 0.05) is 74.9 Å². The van der Waals surface area contributed by atoms with Gasteiger partial charge in [-0.3, -0.25) is 19.3 Å². The van der Waals surface area contributed by atoms with E-state index in [1.807, 2.05) is 34.1 Å². The molecule has 5 fully saturated rings. The molecule has 6 rings (SSSR count). The zero-order chi connectivity index (χ0) is 33.5. The maximum Gasteiger partial charge on any atom is 0.252 e. The fraction of sp³-hybridized carbons (Fsp3) is 0.757. The van der Waals surface area contributed by atoms with Gasteiger partial charge in [-0.1, -0.05) is 30.7 Å². The maximum atomic E-state index is 15.0. The van der Waals surface area contributed by atoms with Crippen molar-refractivity contribution in [2.24, 2.45) is 11.8 Å². The van der Waals surface area contributed by atoms with Gasteiger partial charge in [0.1, 0.15) is 12.1 Å². The second-order valence-electron chi connectivity index (χ2n) is 16.0. The Morgan fingerprint density at radius 2 is 1.54 bits per heavy atom. The Morgan fingerprint density at radius 3 is 2.15 bits per heavy atom. The van der Waals surface area contributed by atoms with Gasteiger partial charge in [0.2, 0.25) is 11.8 Å². The van der Waals surface area contributed by atoms with Gasteiger partial charge in [0.15, 0.2) is 0 Å².